The fourth-order valence-corrected chi connectivity index (χ4v) is 2.19. The monoisotopic (exact) mass is 327 g/mol. The average Bonchev–Trinajstić information content (AvgIpc) is 2.91. The molecule has 0 fully saturated rings. The number of hydrogen-bond donors (Lipinski definition) is 2. The van der Waals surface area contributed by atoms with Crippen molar-refractivity contribution in [3.8, 4) is 11.4 Å². The number of nitrogens with two attached hydrogens (primary N) is 1. The topological polar surface area (TPSA) is 85.8 Å². The van der Waals surface area contributed by atoms with E-state index in [0.29, 0.717) is 22.4 Å². The van der Waals surface area contributed by atoms with Gasteiger partial charge in [-0.15, -0.1) is 5.10 Å². The van der Waals surface area contributed by atoms with E-state index in [9.17, 15) is 4.79 Å². The smallest absolute Gasteiger partial charge is 0.248 e. The standard InChI is InChI=1S/C16H14ClN5O/c1-22-16(19-13-8-6-12(17)7-9-13)20-15(21-22)11-4-2-10(3-5-11)14(18)23/h2-9H,1H3,(H2,18,23)(H,19,20,21). The Balaban J connectivity index is 1.85. The van der Waals surface area contributed by atoms with E-state index in [1.54, 1.807) is 48.1 Å². The summed E-state index contributed by atoms with van der Waals surface area (Å²) in [6.45, 7) is 0. The molecule has 1 heterocycles. The van der Waals surface area contributed by atoms with Gasteiger partial charge >= 0.3 is 0 Å². The van der Waals surface area contributed by atoms with E-state index in [0.717, 1.165) is 11.3 Å². The van der Waals surface area contributed by atoms with Crippen molar-refractivity contribution in [2.45, 2.75) is 0 Å². The number of hydrogen-bond acceptors (Lipinski definition) is 4. The Bertz CT molecular complexity index is 840. The molecular weight excluding hydrogens is 314 g/mol. The highest BCUT2D eigenvalue weighted by atomic mass is 35.5. The summed E-state index contributed by atoms with van der Waals surface area (Å²) in [7, 11) is 1.80. The lowest BCUT2D eigenvalue weighted by Crippen LogP contribution is -2.10. The molecule has 116 valence electrons. The number of primary amides is 1. The van der Waals surface area contributed by atoms with E-state index >= 15 is 0 Å². The van der Waals surface area contributed by atoms with Crippen molar-refractivity contribution >= 4 is 29.1 Å². The van der Waals surface area contributed by atoms with Crippen LogP contribution in [0.15, 0.2) is 48.5 Å². The molecule has 0 bridgehead atoms. The maximum Gasteiger partial charge on any atom is 0.248 e. The summed E-state index contributed by atoms with van der Waals surface area (Å²) in [4.78, 5) is 15.6. The number of rotatable bonds is 4. The normalized spacial score (nSPS) is 10.5. The van der Waals surface area contributed by atoms with E-state index in [1.165, 1.54) is 0 Å². The molecule has 0 aliphatic carbocycles. The van der Waals surface area contributed by atoms with Crippen molar-refractivity contribution in [2.75, 3.05) is 5.32 Å². The van der Waals surface area contributed by atoms with Gasteiger partial charge in [-0.3, -0.25) is 4.79 Å². The van der Waals surface area contributed by atoms with Crippen molar-refractivity contribution in [3.63, 3.8) is 0 Å². The van der Waals surface area contributed by atoms with Gasteiger partial charge in [0, 0.05) is 28.9 Å². The largest absolute Gasteiger partial charge is 0.366 e. The lowest BCUT2D eigenvalue weighted by molar-refractivity contribution is 0.100. The summed E-state index contributed by atoms with van der Waals surface area (Å²) in [6.07, 6.45) is 0. The number of benzene rings is 2. The lowest BCUT2D eigenvalue weighted by atomic mass is 10.1. The SMILES string of the molecule is Cn1nc(-c2ccc(C(N)=O)cc2)nc1Nc1ccc(Cl)cc1. The molecule has 1 aromatic heterocycles. The molecule has 3 rings (SSSR count). The molecule has 0 unspecified atom stereocenters. The summed E-state index contributed by atoms with van der Waals surface area (Å²) in [5, 5.41) is 8.22. The lowest BCUT2D eigenvalue weighted by Gasteiger charge is -2.04. The number of carbonyl (C=O) groups is 1. The van der Waals surface area contributed by atoms with E-state index in [-0.39, 0.29) is 0 Å². The van der Waals surface area contributed by atoms with Crippen LogP contribution < -0.4 is 11.1 Å². The summed E-state index contributed by atoms with van der Waals surface area (Å²) in [5.74, 6) is 0.692. The first-order chi connectivity index (χ1) is 11.0. The third-order valence-corrected chi connectivity index (χ3v) is 3.54. The highest BCUT2D eigenvalue weighted by molar-refractivity contribution is 6.30. The molecule has 0 spiro atoms. The van der Waals surface area contributed by atoms with E-state index in [1.807, 2.05) is 12.1 Å². The molecule has 0 atom stereocenters. The van der Waals surface area contributed by atoms with Gasteiger partial charge in [0.1, 0.15) is 0 Å². The zero-order valence-corrected chi connectivity index (χ0v) is 13.1. The number of amides is 1. The minimum atomic E-state index is -0.462. The highest BCUT2D eigenvalue weighted by Crippen LogP contribution is 2.21. The molecule has 0 saturated heterocycles. The first-order valence-corrected chi connectivity index (χ1v) is 7.24. The van der Waals surface area contributed by atoms with Crippen molar-refractivity contribution in [1.82, 2.24) is 14.8 Å². The van der Waals surface area contributed by atoms with Gasteiger partial charge in [0.2, 0.25) is 11.9 Å². The first-order valence-electron chi connectivity index (χ1n) is 6.87. The molecule has 3 aromatic rings. The number of nitrogens with one attached hydrogen (secondary N) is 1. The Morgan fingerprint density at radius 2 is 1.78 bits per heavy atom. The van der Waals surface area contributed by atoms with Crippen LogP contribution in [-0.2, 0) is 7.05 Å². The fourth-order valence-electron chi connectivity index (χ4n) is 2.06. The predicted molar refractivity (Wildman–Crippen MR) is 89.7 cm³/mol. The third-order valence-electron chi connectivity index (χ3n) is 3.29. The van der Waals surface area contributed by atoms with Gasteiger partial charge in [-0.1, -0.05) is 23.7 Å². The van der Waals surface area contributed by atoms with Gasteiger partial charge in [-0.2, -0.15) is 4.98 Å². The fraction of sp³-hybridized carbons (Fsp3) is 0.0625. The number of aryl methyl sites for hydroxylation is 1. The Hall–Kier alpha value is -2.86. The second-order valence-electron chi connectivity index (χ2n) is 4.96. The number of carbonyl (C=O) groups excluding carboxylic acids is 1. The highest BCUT2D eigenvalue weighted by Gasteiger charge is 2.10. The van der Waals surface area contributed by atoms with E-state index in [4.69, 9.17) is 17.3 Å². The van der Waals surface area contributed by atoms with Crippen LogP contribution in [-0.4, -0.2) is 20.7 Å². The number of nitrogens with zero attached hydrogens (tertiary/aromatic N) is 3. The predicted octanol–water partition coefficient (Wildman–Crippen LogP) is 2.98. The van der Waals surface area contributed by atoms with Crippen molar-refractivity contribution in [2.24, 2.45) is 12.8 Å². The molecule has 2 aromatic carbocycles. The van der Waals surface area contributed by atoms with Crippen LogP contribution in [0.25, 0.3) is 11.4 Å². The molecule has 6 nitrogen and oxygen atoms in total. The Kier molecular flexibility index (Phi) is 3.99. The van der Waals surface area contributed by atoms with Crippen LogP contribution in [0.4, 0.5) is 11.6 Å². The first kappa shape index (κ1) is 15.1. The Morgan fingerprint density at radius 3 is 2.39 bits per heavy atom. The van der Waals surface area contributed by atoms with Gasteiger partial charge < -0.3 is 11.1 Å². The third kappa shape index (κ3) is 3.32. The second kappa shape index (κ2) is 6.10. The van der Waals surface area contributed by atoms with E-state index < -0.39 is 5.91 Å². The molecular formula is C16H14ClN5O. The van der Waals surface area contributed by atoms with Crippen molar-refractivity contribution < 1.29 is 4.79 Å². The second-order valence-corrected chi connectivity index (χ2v) is 5.39. The summed E-state index contributed by atoms with van der Waals surface area (Å²) in [5.41, 5.74) is 7.34. The quantitative estimate of drug-likeness (QED) is 0.771. The van der Waals surface area contributed by atoms with Gasteiger partial charge in [0.25, 0.3) is 0 Å². The number of aromatic nitrogens is 3. The minimum absolute atomic E-state index is 0.448. The molecule has 23 heavy (non-hydrogen) atoms. The van der Waals surface area contributed by atoms with Crippen LogP contribution in [0.1, 0.15) is 10.4 Å². The maximum absolute atomic E-state index is 11.1. The molecule has 1 amide bonds. The Morgan fingerprint density at radius 1 is 1.13 bits per heavy atom. The average molecular weight is 328 g/mol. The van der Waals surface area contributed by atoms with Crippen LogP contribution in [0, 0.1) is 0 Å². The zero-order valence-electron chi connectivity index (χ0n) is 12.3. The summed E-state index contributed by atoms with van der Waals surface area (Å²) >= 11 is 5.87. The molecule has 7 heteroatoms. The molecule has 0 aliphatic rings. The van der Waals surface area contributed by atoms with Crippen molar-refractivity contribution in [3.05, 3.63) is 59.1 Å². The molecule has 0 radical (unpaired) electrons. The zero-order chi connectivity index (χ0) is 16.4. The summed E-state index contributed by atoms with van der Waals surface area (Å²) in [6, 6.07) is 14.1. The van der Waals surface area contributed by atoms with Crippen LogP contribution in [0.5, 0.6) is 0 Å². The van der Waals surface area contributed by atoms with Gasteiger partial charge in [0.05, 0.1) is 0 Å². The van der Waals surface area contributed by atoms with Crippen LogP contribution in [0.3, 0.4) is 0 Å². The summed E-state index contributed by atoms with van der Waals surface area (Å²) < 4.78 is 1.64. The van der Waals surface area contributed by atoms with Crippen molar-refractivity contribution in [1.29, 1.82) is 0 Å². The molecule has 3 N–H and O–H groups in total. The number of halogens is 1. The van der Waals surface area contributed by atoms with Gasteiger partial charge in [-0.25, -0.2) is 4.68 Å². The van der Waals surface area contributed by atoms with Crippen LogP contribution >= 0.6 is 11.6 Å². The van der Waals surface area contributed by atoms with Gasteiger partial charge in [0.15, 0.2) is 5.82 Å². The minimum Gasteiger partial charge on any atom is -0.366 e. The van der Waals surface area contributed by atoms with Crippen LogP contribution in [0.2, 0.25) is 5.02 Å². The molecule has 0 aliphatic heterocycles. The Labute approximate surface area is 137 Å². The number of anilines is 2. The maximum atomic E-state index is 11.1. The van der Waals surface area contributed by atoms with Gasteiger partial charge in [-0.05, 0) is 36.4 Å². The van der Waals surface area contributed by atoms with E-state index in [2.05, 4.69) is 15.4 Å². The molecule has 0 saturated carbocycles.